The Bertz CT molecular complexity index is 1260. The van der Waals surface area contributed by atoms with Crippen LogP contribution in [-0.2, 0) is 4.79 Å². The van der Waals surface area contributed by atoms with E-state index in [2.05, 4.69) is 16.0 Å². The van der Waals surface area contributed by atoms with Gasteiger partial charge in [-0.1, -0.05) is 59.1 Å². The predicted molar refractivity (Wildman–Crippen MR) is 136 cm³/mol. The van der Waals surface area contributed by atoms with Gasteiger partial charge in [0, 0.05) is 20.8 Å². The Morgan fingerprint density at radius 2 is 1.24 bits per heavy atom. The van der Waals surface area contributed by atoms with Gasteiger partial charge in [0.15, 0.2) is 5.11 Å². The second kappa shape index (κ2) is 8.88. The minimum absolute atomic E-state index is 0.173. The predicted octanol–water partition coefficient (Wildman–Crippen LogP) is 5.71. The molecule has 3 aromatic carbocycles. The van der Waals surface area contributed by atoms with Gasteiger partial charge in [-0.2, -0.15) is 0 Å². The Hall–Kier alpha value is -2.77. The van der Waals surface area contributed by atoms with E-state index in [9.17, 15) is 4.79 Å². The lowest BCUT2D eigenvalue weighted by molar-refractivity contribution is -0.116. The number of carbonyl (C=O) groups excluding carboxylic acids is 1. The van der Waals surface area contributed by atoms with Gasteiger partial charge in [-0.05, 0) is 71.9 Å². The van der Waals surface area contributed by atoms with Crippen LogP contribution in [0, 0.1) is 0 Å². The molecule has 2 aliphatic rings. The largest absolute Gasteiger partial charge is 0.351 e. The van der Waals surface area contributed by atoms with Gasteiger partial charge in [-0.15, -0.1) is 0 Å². The zero-order valence-electron chi connectivity index (χ0n) is 17.0. The SMILES string of the molecule is O=C1C2=C(NC(=S)N[C@@H]2c2ccc(Cl)cc2)N[C@H](c2ccc(Cl)cc2)N1c1ccc(Cl)cc1. The molecule has 0 fully saturated rings. The van der Waals surface area contributed by atoms with Crippen LogP contribution in [0.4, 0.5) is 5.69 Å². The van der Waals surface area contributed by atoms with Crippen molar-refractivity contribution in [2.75, 3.05) is 4.90 Å². The molecule has 0 bridgehead atoms. The molecule has 2 aliphatic heterocycles. The molecule has 5 nitrogen and oxygen atoms in total. The molecule has 0 aromatic heterocycles. The number of benzene rings is 3. The van der Waals surface area contributed by atoms with Gasteiger partial charge < -0.3 is 16.0 Å². The average molecular weight is 516 g/mol. The lowest BCUT2D eigenvalue weighted by atomic mass is 9.93. The highest BCUT2D eigenvalue weighted by molar-refractivity contribution is 7.80. The summed E-state index contributed by atoms with van der Waals surface area (Å²) in [6.45, 7) is 0. The number of nitrogens with one attached hydrogen (secondary N) is 3. The molecule has 0 unspecified atom stereocenters. The summed E-state index contributed by atoms with van der Waals surface area (Å²) >= 11 is 23.7. The van der Waals surface area contributed by atoms with Crippen LogP contribution in [0.3, 0.4) is 0 Å². The molecule has 9 heteroatoms. The summed E-state index contributed by atoms with van der Waals surface area (Å²) in [6.07, 6.45) is -0.492. The second-order valence-corrected chi connectivity index (χ2v) is 9.34. The van der Waals surface area contributed by atoms with E-state index in [4.69, 9.17) is 47.0 Å². The van der Waals surface area contributed by atoms with Crippen LogP contribution < -0.4 is 20.9 Å². The molecule has 1 amide bonds. The van der Waals surface area contributed by atoms with Gasteiger partial charge in [0.25, 0.3) is 5.91 Å². The summed E-state index contributed by atoms with van der Waals surface area (Å²) in [5.41, 5.74) is 2.95. The van der Waals surface area contributed by atoms with Crippen LogP contribution >= 0.6 is 47.0 Å². The monoisotopic (exact) mass is 514 g/mol. The van der Waals surface area contributed by atoms with Crippen LogP contribution in [0.1, 0.15) is 23.3 Å². The lowest BCUT2D eigenvalue weighted by Gasteiger charge is -2.43. The van der Waals surface area contributed by atoms with Crippen LogP contribution in [0.15, 0.2) is 84.2 Å². The van der Waals surface area contributed by atoms with Crippen LogP contribution in [0.2, 0.25) is 15.1 Å². The van der Waals surface area contributed by atoms with Crippen molar-refractivity contribution >= 4 is 63.7 Å². The van der Waals surface area contributed by atoms with Crippen LogP contribution in [0.5, 0.6) is 0 Å². The fourth-order valence-corrected chi connectivity index (χ4v) is 4.61. The molecule has 0 spiro atoms. The number of hydrogen-bond acceptors (Lipinski definition) is 3. The Balaban J connectivity index is 1.65. The summed E-state index contributed by atoms with van der Waals surface area (Å²) in [5, 5.41) is 12.0. The maximum absolute atomic E-state index is 14.1. The third-order valence-electron chi connectivity index (χ3n) is 5.55. The van der Waals surface area contributed by atoms with Crippen molar-refractivity contribution < 1.29 is 4.79 Å². The maximum atomic E-state index is 14.1. The van der Waals surface area contributed by atoms with Crippen LogP contribution in [-0.4, -0.2) is 11.0 Å². The second-order valence-electron chi connectivity index (χ2n) is 7.62. The van der Waals surface area contributed by atoms with Crippen LogP contribution in [0.25, 0.3) is 0 Å². The molecule has 5 rings (SSSR count). The minimum atomic E-state index is -0.492. The average Bonchev–Trinajstić information content (AvgIpc) is 2.80. The Morgan fingerprint density at radius 1 is 0.727 bits per heavy atom. The summed E-state index contributed by atoms with van der Waals surface area (Å²) < 4.78 is 0. The zero-order valence-corrected chi connectivity index (χ0v) is 20.1. The van der Waals surface area contributed by atoms with Crippen molar-refractivity contribution in [1.82, 2.24) is 16.0 Å². The third-order valence-corrected chi connectivity index (χ3v) is 6.53. The van der Waals surface area contributed by atoms with E-state index in [1.165, 1.54) is 0 Å². The van der Waals surface area contributed by atoms with Gasteiger partial charge in [-0.25, -0.2) is 0 Å². The van der Waals surface area contributed by atoms with Gasteiger partial charge in [0.05, 0.1) is 11.6 Å². The summed E-state index contributed by atoms with van der Waals surface area (Å²) in [4.78, 5) is 15.8. The van der Waals surface area contributed by atoms with Gasteiger partial charge >= 0.3 is 0 Å². The summed E-state index contributed by atoms with van der Waals surface area (Å²) in [5.74, 6) is 0.391. The Morgan fingerprint density at radius 3 is 1.82 bits per heavy atom. The van der Waals surface area contributed by atoms with Crippen molar-refractivity contribution in [1.29, 1.82) is 0 Å². The van der Waals surface area contributed by atoms with Crippen molar-refractivity contribution in [3.8, 4) is 0 Å². The Kier molecular flexibility index (Phi) is 5.93. The van der Waals surface area contributed by atoms with E-state index < -0.39 is 12.2 Å². The van der Waals surface area contributed by atoms with Crippen molar-refractivity contribution in [3.63, 3.8) is 0 Å². The Labute approximate surface area is 211 Å². The van der Waals surface area contributed by atoms with E-state index in [0.717, 1.165) is 11.1 Å². The summed E-state index contributed by atoms with van der Waals surface area (Å²) in [6, 6.07) is 21.4. The van der Waals surface area contributed by atoms with Crippen molar-refractivity contribution in [2.24, 2.45) is 0 Å². The molecule has 0 radical (unpaired) electrons. The molecular weight excluding hydrogens is 499 g/mol. The number of rotatable bonds is 3. The van der Waals surface area contributed by atoms with Crippen molar-refractivity contribution in [3.05, 3.63) is 110 Å². The maximum Gasteiger partial charge on any atom is 0.262 e. The van der Waals surface area contributed by atoms with Gasteiger partial charge in [-0.3, -0.25) is 9.69 Å². The fraction of sp³-hybridized carbons (Fsp3) is 0.0833. The first-order chi connectivity index (χ1) is 15.9. The van der Waals surface area contributed by atoms with E-state index >= 15 is 0 Å². The fourth-order valence-electron chi connectivity index (χ4n) is 4.01. The molecule has 3 N–H and O–H groups in total. The number of anilines is 1. The quantitative estimate of drug-likeness (QED) is 0.390. The highest BCUT2D eigenvalue weighted by Crippen LogP contribution is 2.38. The van der Waals surface area contributed by atoms with E-state index in [0.29, 0.717) is 37.3 Å². The lowest BCUT2D eigenvalue weighted by Crippen LogP contribution is -2.58. The topological polar surface area (TPSA) is 56.4 Å². The first kappa shape index (κ1) is 22.0. The molecule has 0 saturated carbocycles. The van der Waals surface area contributed by atoms with E-state index in [-0.39, 0.29) is 5.91 Å². The highest BCUT2D eigenvalue weighted by Gasteiger charge is 2.42. The highest BCUT2D eigenvalue weighted by atomic mass is 35.5. The zero-order chi connectivity index (χ0) is 23.1. The van der Waals surface area contributed by atoms with E-state index in [1.807, 2.05) is 36.4 Å². The van der Waals surface area contributed by atoms with Crippen molar-refractivity contribution in [2.45, 2.75) is 12.2 Å². The molecule has 2 heterocycles. The van der Waals surface area contributed by atoms with Gasteiger partial charge in [0.2, 0.25) is 0 Å². The number of hydrogen-bond donors (Lipinski definition) is 3. The minimum Gasteiger partial charge on any atom is -0.351 e. The first-order valence-electron chi connectivity index (χ1n) is 10.1. The number of nitrogens with zero attached hydrogens (tertiary/aromatic N) is 1. The first-order valence-corrected chi connectivity index (χ1v) is 11.6. The van der Waals surface area contributed by atoms with E-state index in [1.54, 1.807) is 41.3 Å². The summed E-state index contributed by atoms with van der Waals surface area (Å²) in [7, 11) is 0. The number of carbonyl (C=O) groups is 1. The molecular formula is C24H17Cl3N4OS. The third kappa shape index (κ3) is 4.27. The number of amides is 1. The molecule has 0 aliphatic carbocycles. The molecule has 166 valence electrons. The normalized spacial score (nSPS) is 20.0. The smallest absolute Gasteiger partial charge is 0.262 e. The molecule has 3 aromatic rings. The standard InChI is InChI=1S/C24H17Cl3N4OS/c25-15-5-1-13(2-6-15)20-19-21(30-24(33)28-20)29-22(14-3-7-16(26)8-4-14)31(23(19)32)18-11-9-17(27)10-12-18/h1-12,20,22,29H,(H2,28,30,33)/t20-,22+/m1/s1. The van der Waals surface area contributed by atoms with Gasteiger partial charge in [0.1, 0.15) is 12.0 Å². The number of halogens is 3. The molecule has 33 heavy (non-hydrogen) atoms. The molecule has 0 saturated heterocycles. The number of thiocarbonyl (C=S) groups is 1. The molecule has 2 atom stereocenters.